The van der Waals surface area contributed by atoms with Gasteiger partial charge < -0.3 is 14.5 Å². The van der Waals surface area contributed by atoms with Crippen LogP contribution < -0.4 is 4.90 Å². The molecule has 0 bridgehead atoms. The molecule has 3 heterocycles. The Morgan fingerprint density at radius 1 is 1.00 bits per heavy atom. The quantitative estimate of drug-likeness (QED) is 0.394. The number of ether oxygens (including phenoxy) is 1. The first-order chi connectivity index (χ1) is 16.7. The van der Waals surface area contributed by atoms with Gasteiger partial charge in [0.2, 0.25) is 0 Å². The third-order valence-electron chi connectivity index (χ3n) is 6.29. The number of thiophene rings is 1. The number of hydrogen-bond donors (Lipinski definition) is 0. The summed E-state index contributed by atoms with van der Waals surface area (Å²) in [5.41, 5.74) is 4.30. The maximum atomic E-state index is 13.1. The van der Waals surface area contributed by atoms with Gasteiger partial charge in [-0.25, -0.2) is 9.97 Å². The van der Waals surface area contributed by atoms with E-state index in [1.807, 2.05) is 35.2 Å². The van der Waals surface area contributed by atoms with Crippen LogP contribution in [0, 0.1) is 0 Å². The normalized spacial score (nSPS) is 14.1. The molecule has 4 aromatic rings. The fourth-order valence-corrected chi connectivity index (χ4v) is 5.37. The van der Waals surface area contributed by atoms with Crippen LogP contribution in [0.1, 0.15) is 28.7 Å². The second kappa shape index (κ2) is 9.91. The van der Waals surface area contributed by atoms with Gasteiger partial charge >= 0.3 is 0 Å². The molecule has 1 amide bonds. The summed E-state index contributed by atoms with van der Waals surface area (Å²) in [5, 5.41) is 3.24. The number of anilines is 1. The minimum absolute atomic E-state index is 0.0933. The highest BCUT2D eigenvalue weighted by atomic mass is 32.1. The van der Waals surface area contributed by atoms with Crippen LogP contribution in [0.3, 0.4) is 0 Å². The Hall–Kier alpha value is -3.29. The lowest BCUT2D eigenvalue weighted by molar-refractivity contribution is 0.0746. The van der Waals surface area contributed by atoms with E-state index in [1.54, 1.807) is 18.4 Å². The number of amides is 1. The fourth-order valence-electron chi connectivity index (χ4n) is 4.41. The van der Waals surface area contributed by atoms with Gasteiger partial charge in [-0.15, -0.1) is 11.3 Å². The van der Waals surface area contributed by atoms with Crippen LogP contribution in [-0.2, 0) is 17.8 Å². The lowest BCUT2D eigenvalue weighted by Crippen LogP contribution is -2.49. The standard InChI is InChI=1S/C27H28N4O2S/c1-3-19-9-11-21(12-10-19)27(32)31-15-13-30(14-16-31)25-24-22(20-7-5-4-6-8-20)18-34-26(24)29-23(28-25)17-33-2/h4-12,18H,3,13-17H2,1-2H3. The van der Waals surface area contributed by atoms with E-state index < -0.39 is 0 Å². The molecule has 0 atom stereocenters. The molecule has 1 fully saturated rings. The van der Waals surface area contributed by atoms with Gasteiger partial charge in [0.1, 0.15) is 17.3 Å². The van der Waals surface area contributed by atoms with Gasteiger partial charge in [-0.3, -0.25) is 4.79 Å². The van der Waals surface area contributed by atoms with Crippen molar-refractivity contribution < 1.29 is 9.53 Å². The average Bonchev–Trinajstić information content (AvgIpc) is 3.33. The number of rotatable bonds is 6. The molecular weight excluding hydrogens is 444 g/mol. The lowest BCUT2D eigenvalue weighted by Gasteiger charge is -2.36. The molecule has 1 saturated heterocycles. The number of piperazine rings is 1. The molecule has 5 rings (SSSR count). The van der Waals surface area contributed by atoms with Crippen molar-refractivity contribution in [3.8, 4) is 11.1 Å². The van der Waals surface area contributed by atoms with Gasteiger partial charge in [0.15, 0.2) is 5.82 Å². The van der Waals surface area contributed by atoms with E-state index in [0.29, 0.717) is 25.5 Å². The van der Waals surface area contributed by atoms with Crippen LogP contribution in [0.25, 0.3) is 21.3 Å². The topological polar surface area (TPSA) is 58.6 Å². The molecule has 174 valence electrons. The maximum absolute atomic E-state index is 13.1. The number of benzene rings is 2. The third-order valence-corrected chi connectivity index (χ3v) is 7.17. The molecular formula is C27H28N4O2S. The van der Waals surface area contributed by atoms with Gasteiger partial charge in [-0.1, -0.05) is 49.4 Å². The average molecular weight is 473 g/mol. The zero-order chi connectivity index (χ0) is 23.5. The van der Waals surface area contributed by atoms with Crippen LogP contribution in [-0.4, -0.2) is 54.1 Å². The van der Waals surface area contributed by atoms with Gasteiger partial charge in [-0.05, 0) is 29.7 Å². The lowest BCUT2D eigenvalue weighted by atomic mass is 10.1. The minimum Gasteiger partial charge on any atom is -0.377 e. The Balaban J connectivity index is 1.42. The van der Waals surface area contributed by atoms with Crippen LogP contribution in [0.4, 0.5) is 5.82 Å². The maximum Gasteiger partial charge on any atom is 0.253 e. The number of nitrogens with zero attached hydrogens (tertiary/aromatic N) is 4. The van der Waals surface area contributed by atoms with Crippen molar-refractivity contribution >= 4 is 33.3 Å². The number of aromatic nitrogens is 2. The van der Waals surface area contributed by atoms with Crippen molar-refractivity contribution in [3.63, 3.8) is 0 Å². The van der Waals surface area contributed by atoms with Crippen molar-refractivity contribution in [1.29, 1.82) is 0 Å². The first-order valence-electron chi connectivity index (χ1n) is 11.6. The number of fused-ring (bicyclic) bond motifs is 1. The molecule has 1 aliphatic heterocycles. The summed E-state index contributed by atoms with van der Waals surface area (Å²) in [6.45, 7) is 5.25. The van der Waals surface area contributed by atoms with Crippen LogP contribution >= 0.6 is 11.3 Å². The highest BCUT2D eigenvalue weighted by molar-refractivity contribution is 7.17. The van der Waals surface area contributed by atoms with E-state index in [2.05, 4.69) is 41.5 Å². The molecule has 1 aliphatic rings. The summed E-state index contributed by atoms with van der Waals surface area (Å²) in [7, 11) is 1.66. The zero-order valence-electron chi connectivity index (χ0n) is 19.5. The van der Waals surface area contributed by atoms with Crippen LogP contribution in [0.5, 0.6) is 0 Å². The predicted octanol–water partition coefficient (Wildman–Crippen LogP) is 5.03. The Morgan fingerprint density at radius 2 is 1.74 bits per heavy atom. The van der Waals surface area contributed by atoms with E-state index in [4.69, 9.17) is 14.7 Å². The molecule has 0 aliphatic carbocycles. The van der Waals surface area contributed by atoms with Gasteiger partial charge in [-0.2, -0.15) is 0 Å². The van der Waals surface area contributed by atoms with Crippen molar-refractivity contribution in [2.45, 2.75) is 20.0 Å². The number of methoxy groups -OCH3 is 1. The Kier molecular flexibility index (Phi) is 6.56. The molecule has 2 aromatic carbocycles. The van der Waals surface area contributed by atoms with Crippen molar-refractivity contribution in [2.75, 3.05) is 38.2 Å². The van der Waals surface area contributed by atoms with Crippen molar-refractivity contribution in [1.82, 2.24) is 14.9 Å². The highest BCUT2D eigenvalue weighted by Crippen LogP contribution is 2.38. The zero-order valence-corrected chi connectivity index (χ0v) is 20.3. The van der Waals surface area contributed by atoms with Crippen LogP contribution in [0.2, 0.25) is 0 Å². The summed E-state index contributed by atoms with van der Waals surface area (Å²) < 4.78 is 5.33. The van der Waals surface area contributed by atoms with E-state index in [0.717, 1.165) is 52.2 Å². The molecule has 2 aromatic heterocycles. The Morgan fingerprint density at radius 3 is 2.41 bits per heavy atom. The summed E-state index contributed by atoms with van der Waals surface area (Å²) in [6.07, 6.45) is 0.971. The first kappa shape index (κ1) is 22.5. The largest absolute Gasteiger partial charge is 0.377 e. The van der Waals surface area contributed by atoms with Crippen LogP contribution in [0.15, 0.2) is 60.0 Å². The molecule has 34 heavy (non-hydrogen) atoms. The van der Waals surface area contributed by atoms with Gasteiger partial charge in [0.25, 0.3) is 5.91 Å². The molecule has 6 nitrogen and oxygen atoms in total. The Bertz CT molecular complexity index is 1280. The summed E-state index contributed by atoms with van der Waals surface area (Å²) in [5.74, 6) is 1.70. The van der Waals surface area contributed by atoms with Gasteiger partial charge in [0.05, 0.1) is 5.39 Å². The molecule has 0 radical (unpaired) electrons. The third kappa shape index (κ3) is 4.41. The molecule has 0 saturated carbocycles. The second-order valence-electron chi connectivity index (χ2n) is 8.42. The van der Waals surface area contributed by atoms with E-state index in [9.17, 15) is 4.79 Å². The number of carbonyl (C=O) groups excluding carboxylic acids is 1. The molecule has 0 N–H and O–H groups in total. The smallest absolute Gasteiger partial charge is 0.253 e. The summed E-state index contributed by atoms with van der Waals surface area (Å²) in [4.78, 5) is 27.9. The SMILES string of the molecule is CCc1ccc(C(=O)N2CCN(c3nc(COC)nc4scc(-c5ccccc5)c34)CC2)cc1. The second-order valence-corrected chi connectivity index (χ2v) is 9.28. The summed E-state index contributed by atoms with van der Waals surface area (Å²) >= 11 is 1.63. The number of hydrogen-bond acceptors (Lipinski definition) is 6. The van der Waals surface area contributed by atoms with E-state index in [-0.39, 0.29) is 5.91 Å². The fraction of sp³-hybridized carbons (Fsp3) is 0.296. The highest BCUT2D eigenvalue weighted by Gasteiger charge is 2.26. The minimum atomic E-state index is 0.0933. The first-order valence-corrected chi connectivity index (χ1v) is 12.5. The predicted molar refractivity (Wildman–Crippen MR) is 138 cm³/mol. The molecule has 7 heteroatoms. The summed E-state index contributed by atoms with van der Waals surface area (Å²) in [6, 6.07) is 18.3. The molecule has 0 unspecified atom stereocenters. The van der Waals surface area contributed by atoms with Crippen molar-refractivity contribution in [2.24, 2.45) is 0 Å². The number of carbonyl (C=O) groups is 1. The van der Waals surface area contributed by atoms with E-state index in [1.165, 1.54) is 5.56 Å². The van der Waals surface area contributed by atoms with E-state index >= 15 is 0 Å². The molecule has 0 spiro atoms. The number of aryl methyl sites for hydroxylation is 1. The van der Waals surface area contributed by atoms with Crippen molar-refractivity contribution in [3.05, 3.63) is 76.9 Å². The Labute approximate surface area is 203 Å². The van der Waals surface area contributed by atoms with Gasteiger partial charge in [0, 0.05) is 49.8 Å². The monoisotopic (exact) mass is 472 g/mol.